The number of piperidine rings is 1. The number of halogens is 2. The maximum Gasteiger partial charge on any atom is 0.255 e. The van der Waals surface area contributed by atoms with Crippen LogP contribution in [0.5, 0.6) is 11.5 Å². The molecule has 4 aliphatic heterocycles. The summed E-state index contributed by atoms with van der Waals surface area (Å²) in [5, 5.41) is 12.9. The minimum atomic E-state index is -0.727. The number of hydrogen-bond donors (Lipinski definition) is 2. The molecule has 0 radical (unpaired) electrons. The first kappa shape index (κ1) is 38.0. The van der Waals surface area contributed by atoms with Gasteiger partial charge < -0.3 is 25.0 Å². The second-order valence-electron chi connectivity index (χ2n) is 17.8. The summed E-state index contributed by atoms with van der Waals surface area (Å²) in [6.07, 6.45) is 5.21. The van der Waals surface area contributed by atoms with Gasteiger partial charge in [-0.05, 0) is 102 Å². The fourth-order valence-corrected chi connectivity index (χ4v) is 11.2. The number of nitrogens with zero attached hydrogens (tertiary/aromatic N) is 4. The van der Waals surface area contributed by atoms with Crippen molar-refractivity contribution < 1.29 is 28.2 Å². The lowest BCUT2D eigenvalue weighted by Gasteiger charge is -2.62. The molecular weight excluding hydrogens is 749 g/mol. The van der Waals surface area contributed by atoms with Crippen molar-refractivity contribution in [3.63, 3.8) is 0 Å². The minimum absolute atomic E-state index is 0.0110. The number of aromatic hydroxyl groups is 1. The zero-order valence-corrected chi connectivity index (χ0v) is 33.3. The first-order valence-electron chi connectivity index (χ1n) is 21.2. The molecule has 1 unspecified atom stereocenters. The van der Waals surface area contributed by atoms with E-state index in [0.29, 0.717) is 61.4 Å². The molecule has 1 spiro atoms. The molecule has 2 N–H and O–H groups in total. The second-order valence-corrected chi connectivity index (χ2v) is 17.8. The number of nitrogens with one attached hydrogen (secondary N) is 1. The number of carbonyl (C=O) groups excluding carboxylic acids is 2. The number of likely N-dealkylation sites (tertiary alicyclic amines) is 1. The maximum absolute atomic E-state index is 16.0. The van der Waals surface area contributed by atoms with Crippen LogP contribution in [-0.2, 0) is 17.8 Å². The van der Waals surface area contributed by atoms with E-state index in [2.05, 4.69) is 82.4 Å². The highest BCUT2D eigenvalue weighted by atomic mass is 19.1. The van der Waals surface area contributed by atoms with Crippen molar-refractivity contribution in [1.82, 2.24) is 20.0 Å². The van der Waals surface area contributed by atoms with Gasteiger partial charge >= 0.3 is 0 Å². The third-order valence-corrected chi connectivity index (χ3v) is 14.1. The first-order chi connectivity index (χ1) is 28.6. The summed E-state index contributed by atoms with van der Waals surface area (Å²) in [5.41, 5.74) is 6.19. The van der Waals surface area contributed by atoms with Gasteiger partial charge in [0.1, 0.15) is 35.7 Å². The number of ether oxygens (including phenoxy) is 1. The minimum Gasteiger partial charge on any atom is -0.508 e. The number of phenolic OH excluding ortho intramolecular Hbond substituents is 1. The number of fused-ring (bicyclic) bond motifs is 2. The lowest BCUT2D eigenvalue weighted by Crippen LogP contribution is -2.68. The molecule has 306 valence electrons. The van der Waals surface area contributed by atoms with Crippen LogP contribution in [0.4, 0.5) is 14.5 Å². The molecule has 4 heterocycles. The van der Waals surface area contributed by atoms with Gasteiger partial charge in [0.15, 0.2) is 5.82 Å². The summed E-state index contributed by atoms with van der Waals surface area (Å²) >= 11 is 0. The molecule has 3 atom stereocenters. The molecule has 10 rings (SSSR count). The molecule has 2 aliphatic carbocycles. The van der Waals surface area contributed by atoms with Gasteiger partial charge in [-0.2, -0.15) is 0 Å². The fraction of sp³-hybridized carbons (Fsp3) is 0.417. The quantitative estimate of drug-likeness (QED) is 0.190. The number of phenols is 1. The average molecular weight is 800 g/mol. The molecule has 3 saturated heterocycles. The van der Waals surface area contributed by atoms with Crippen molar-refractivity contribution in [3.05, 3.63) is 136 Å². The average Bonchev–Trinajstić information content (AvgIpc) is 3.53. The van der Waals surface area contributed by atoms with E-state index < -0.39 is 23.6 Å². The van der Waals surface area contributed by atoms with Crippen molar-refractivity contribution in [3.8, 4) is 11.5 Å². The van der Waals surface area contributed by atoms with Gasteiger partial charge in [-0.1, -0.05) is 55.1 Å². The van der Waals surface area contributed by atoms with Gasteiger partial charge in [0.2, 0.25) is 5.91 Å². The van der Waals surface area contributed by atoms with Gasteiger partial charge in [0.05, 0.1) is 12.1 Å². The van der Waals surface area contributed by atoms with Gasteiger partial charge in [-0.3, -0.25) is 19.4 Å². The monoisotopic (exact) mass is 799 g/mol. The SMILES string of the molecule is C=C1CCC(N2Cc3c(cc(F)c(N4CCN(C5CC6(C5)CN(CCOc5ccc([C@H]7c8ccc(O)cc8CC[C@H]7c7ccccc7)cc5)C6)CC4)c3F)C2=O)C(=O)N1. The highest BCUT2D eigenvalue weighted by Gasteiger charge is 2.53. The normalized spacial score (nSPS) is 24.4. The van der Waals surface area contributed by atoms with Gasteiger partial charge in [-0.15, -0.1) is 0 Å². The summed E-state index contributed by atoms with van der Waals surface area (Å²) in [6.45, 7) is 9.89. The van der Waals surface area contributed by atoms with Gasteiger partial charge in [0.25, 0.3) is 5.91 Å². The van der Waals surface area contributed by atoms with Crippen LogP contribution in [0.25, 0.3) is 0 Å². The molecule has 0 aromatic heterocycles. The highest BCUT2D eigenvalue weighted by molar-refractivity contribution is 6.02. The Hall–Kier alpha value is -5.26. The molecular formula is C48H51F2N5O4. The van der Waals surface area contributed by atoms with E-state index in [1.165, 1.54) is 27.2 Å². The Labute approximate surface area is 344 Å². The largest absolute Gasteiger partial charge is 0.508 e. The smallest absolute Gasteiger partial charge is 0.255 e. The Balaban J connectivity index is 0.688. The molecule has 11 heteroatoms. The van der Waals surface area contributed by atoms with Crippen molar-refractivity contribution in [2.24, 2.45) is 5.41 Å². The third-order valence-electron chi connectivity index (χ3n) is 14.1. The Morgan fingerprint density at radius 2 is 1.64 bits per heavy atom. The molecule has 0 bridgehead atoms. The molecule has 59 heavy (non-hydrogen) atoms. The number of amides is 2. The number of benzene rings is 4. The van der Waals surface area contributed by atoms with E-state index in [4.69, 9.17) is 4.74 Å². The highest BCUT2D eigenvalue weighted by Crippen LogP contribution is 2.51. The Morgan fingerprint density at radius 1 is 0.881 bits per heavy atom. The molecule has 9 nitrogen and oxygen atoms in total. The van der Waals surface area contributed by atoms with E-state index >= 15 is 8.78 Å². The fourth-order valence-electron chi connectivity index (χ4n) is 11.2. The number of rotatable bonds is 9. The third kappa shape index (κ3) is 6.95. The number of carbonyl (C=O) groups is 2. The van der Waals surface area contributed by atoms with Crippen LogP contribution >= 0.6 is 0 Å². The zero-order valence-electron chi connectivity index (χ0n) is 33.3. The summed E-state index contributed by atoms with van der Waals surface area (Å²) in [7, 11) is 0. The lowest BCUT2D eigenvalue weighted by molar-refractivity contribution is -0.126. The van der Waals surface area contributed by atoms with Crippen molar-refractivity contribution in [1.29, 1.82) is 0 Å². The Kier molecular flexibility index (Phi) is 9.71. The molecule has 2 amide bonds. The van der Waals surface area contributed by atoms with E-state index in [-0.39, 0.29) is 35.2 Å². The number of hydrogen-bond acceptors (Lipinski definition) is 7. The van der Waals surface area contributed by atoms with Gasteiger partial charge in [0, 0.05) is 69.0 Å². The summed E-state index contributed by atoms with van der Waals surface area (Å²) < 4.78 is 37.7. The van der Waals surface area contributed by atoms with Crippen LogP contribution in [0.1, 0.15) is 82.1 Å². The van der Waals surface area contributed by atoms with E-state index in [9.17, 15) is 14.7 Å². The van der Waals surface area contributed by atoms with Crippen molar-refractivity contribution >= 4 is 17.5 Å². The lowest BCUT2D eigenvalue weighted by atomic mass is 9.60. The Morgan fingerprint density at radius 3 is 2.39 bits per heavy atom. The molecule has 1 saturated carbocycles. The molecule has 6 aliphatic rings. The summed E-state index contributed by atoms with van der Waals surface area (Å²) in [4.78, 5) is 33.9. The second kappa shape index (κ2) is 15.1. The van der Waals surface area contributed by atoms with Gasteiger partial charge in [-0.25, -0.2) is 8.78 Å². The van der Waals surface area contributed by atoms with Crippen LogP contribution in [0.15, 0.2) is 91.1 Å². The summed E-state index contributed by atoms with van der Waals surface area (Å²) in [6, 6.07) is 26.1. The van der Waals surface area contributed by atoms with Crippen molar-refractivity contribution in [2.75, 3.05) is 57.3 Å². The molecule has 4 aromatic carbocycles. The number of allylic oxidation sites excluding steroid dienone is 1. The van der Waals surface area contributed by atoms with E-state index in [1.807, 2.05) is 12.1 Å². The molecule has 4 fully saturated rings. The number of aryl methyl sites for hydroxylation is 1. The zero-order chi connectivity index (χ0) is 40.4. The van der Waals surface area contributed by atoms with E-state index in [0.717, 1.165) is 70.2 Å². The summed E-state index contributed by atoms with van der Waals surface area (Å²) in [5.74, 6) is -0.480. The van der Waals surface area contributed by atoms with Crippen molar-refractivity contribution in [2.45, 2.75) is 69.0 Å². The van der Waals surface area contributed by atoms with E-state index in [1.54, 1.807) is 4.90 Å². The molecule has 4 aromatic rings. The predicted molar refractivity (Wildman–Crippen MR) is 222 cm³/mol. The topological polar surface area (TPSA) is 88.6 Å². The standard InChI is InChI=1S/C48H51F2N5O4/c1-30-7-16-42(46(57)51-30)55-27-40-39(47(55)58)24-41(49)45(44(40)50)54-19-17-53(18-20-54)34-25-48(26-34)28-52(29-48)21-22-59-36-12-8-32(9-13-36)43-37(31-5-3-2-4-6-31)14-10-33-23-35(56)11-15-38(33)43/h2-6,8-9,11-13,15,23-24,34,37,42-43,56H,1,7,10,14,16-22,25-29H2,(H,51,57)/t37-,42?,43+/m0/s1. The first-order valence-corrected chi connectivity index (χ1v) is 21.2. The predicted octanol–water partition coefficient (Wildman–Crippen LogP) is 6.95. The van der Waals surface area contributed by atoms with Crippen LogP contribution < -0.4 is 15.0 Å². The Bertz CT molecular complexity index is 2280. The number of anilines is 1. The van der Waals surface area contributed by atoms with Crippen LogP contribution in [0.2, 0.25) is 0 Å². The number of piperazine rings is 1. The van der Waals surface area contributed by atoms with Crippen LogP contribution in [-0.4, -0.2) is 96.1 Å². The van der Waals surface area contributed by atoms with Crippen LogP contribution in [0, 0.1) is 17.0 Å². The maximum atomic E-state index is 16.0. The van der Waals surface area contributed by atoms with Crippen LogP contribution in [0.3, 0.4) is 0 Å².